The number of hydrogen-bond donors (Lipinski definition) is 0. The molecule has 266 valence electrons. The molecule has 0 aliphatic rings. The molecule has 2 heteroatoms. The average molecular weight is 742 g/mol. The van der Waals surface area contributed by atoms with E-state index in [1.165, 1.54) is 168 Å². The zero-order valence-corrected chi connectivity index (χ0v) is 33.3. The van der Waals surface area contributed by atoms with E-state index in [0.717, 1.165) is 0 Å². The van der Waals surface area contributed by atoms with Crippen LogP contribution in [0.1, 0.15) is 147 Å². The van der Waals surface area contributed by atoms with Crippen molar-refractivity contribution in [3.8, 4) is 0 Å². The molecule has 0 nitrogen and oxygen atoms in total. The Morgan fingerprint density at radius 2 is 0.592 bits per heavy atom. The van der Waals surface area contributed by atoms with Crippen LogP contribution < -0.4 is 21.2 Å². The number of aryl methyl sites for hydroxylation is 1. The maximum atomic E-state index is 4.61. The zero-order valence-electron chi connectivity index (χ0n) is 30.9. The molecule has 0 atom stereocenters. The zero-order chi connectivity index (χ0) is 34.3. The van der Waals surface area contributed by atoms with Crippen LogP contribution in [0.15, 0.2) is 115 Å². The third-order valence-electron chi connectivity index (χ3n) is 10.7. The molecule has 4 rings (SSSR count). The van der Waals surface area contributed by atoms with Crippen molar-refractivity contribution in [1.29, 1.82) is 0 Å². The molecule has 0 amide bonds. The normalized spacial score (nSPS) is 12.5. The fourth-order valence-electron chi connectivity index (χ4n) is 7.72. The van der Waals surface area contributed by atoms with Gasteiger partial charge < -0.3 is 0 Å². The summed E-state index contributed by atoms with van der Waals surface area (Å²) in [6.07, 6.45) is 31.2. The third kappa shape index (κ3) is 11.7. The predicted octanol–water partition coefficient (Wildman–Crippen LogP) is 13.9. The van der Waals surface area contributed by atoms with Crippen molar-refractivity contribution < 1.29 is 0 Å². The SMILES string of the molecule is CCCCCCCCCCCCCCCCCCCCCCCc1ccc(P(Br)(c2ccccc2)(c2ccccc2)c2ccccc2)cc1. The molecule has 4 aromatic rings. The Bertz CT molecular complexity index is 1280. The Balaban J connectivity index is 1.14. The van der Waals surface area contributed by atoms with Crippen LogP contribution in [0.3, 0.4) is 0 Å². The Labute approximate surface area is 309 Å². The van der Waals surface area contributed by atoms with Crippen molar-refractivity contribution >= 4 is 42.0 Å². The van der Waals surface area contributed by atoms with Crippen LogP contribution >= 0.6 is 20.8 Å². The van der Waals surface area contributed by atoms with Gasteiger partial charge in [-0.05, 0) is 0 Å². The summed E-state index contributed by atoms with van der Waals surface area (Å²) in [4.78, 5) is 0. The minimum absolute atomic E-state index is 1.17. The van der Waals surface area contributed by atoms with E-state index in [2.05, 4.69) is 138 Å². The van der Waals surface area contributed by atoms with Gasteiger partial charge in [-0.25, -0.2) is 0 Å². The average Bonchev–Trinajstić information content (AvgIpc) is 3.16. The molecule has 4 aromatic carbocycles. The van der Waals surface area contributed by atoms with Crippen molar-refractivity contribution in [3.05, 3.63) is 121 Å². The molecule has 0 N–H and O–H groups in total. The van der Waals surface area contributed by atoms with Gasteiger partial charge in [0.1, 0.15) is 0 Å². The van der Waals surface area contributed by atoms with E-state index in [1.807, 2.05) is 0 Å². The number of benzene rings is 4. The molecule has 0 bridgehead atoms. The van der Waals surface area contributed by atoms with E-state index in [0.29, 0.717) is 0 Å². The third-order valence-corrected chi connectivity index (χ3v) is 20.7. The second kappa shape index (κ2) is 22.6. The van der Waals surface area contributed by atoms with Crippen LogP contribution in [0.25, 0.3) is 0 Å². The van der Waals surface area contributed by atoms with Gasteiger partial charge in [-0.3, -0.25) is 0 Å². The maximum absolute atomic E-state index is 4.61. The summed E-state index contributed by atoms with van der Waals surface area (Å²) >= 11 is 4.61. The van der Waals surface area contributed by atoms with Crippen molar-refractivity contribution in [1.82, 2.24) is 0 Å². The molecule has 0 saturated heterocycles. The molecule has 0 aliphatic heterocycles. The fraction of sp³-hybridized carbons (Fsp3) is 0.489. The van der Waals surface area contributed by atoms with Gasteiger partial charge in [-0.1, -0.05) is 96.8 Å². The molecule has 0 aliphatic carbocycles. The molecule has 0 aromatic heterocycles. The van der Waals surface area contributed by atoms with Gasteiger partial charge in [-0.15, -0.1) is 0 Å². The molecular weight excluding hydrogens is 675 g/mol. The summed E-state index contributed by atoms with van der Waals surface area (Å²) in [6, 6.07) is 42.9. The first kappa shape index (κ1) is 39.6. The first-order valence-electron chi connectivity index (χ1n) is 20.2. The Morgan fingerprint density at radius 1 is 0.327 bits per heavy atom. The first-order valence-corrected chi connectivity index (χ1v) is 24.4. The summed E-state index contributed by atoms with van der Waals surface area (Å²) in [5.74, 6) is 0. The van der Waals surface area contributed by atoms with Crippen molar-refractivity contribution in [3.63, 3.8) is 0 Å². The number of unbranched alkanes of at least 4 members (excludes halogenated alkanes) is 20. The number of hydrogen-bond acceptors (Lipinski definition) is 0. The van der Waals surface area contributed by atoms with Gasteiger partial charge in [-0.2, -0.15) is 0 Å². The number of rotatable bonds is 26. The van der Waals surface area contributed by atoms with Crippen LogP contribution in [0.5, 0.6) is 0 Å². The molecule has 0 radical (unpaired) electrons. The first-order chi connectivity index (χ1) is 24.2. The molecular formula is C47H66BrP. The number of halogens is 1. The molecule has 0 saturated carbocycles. The quantitative estimate of drug-likeness (QED) is 0.0444. The minimum atomic E-state index is -3.12. The van der Waals surface area contributed by atoms with Crippen molar-refractivity contribution in [2.45, 2.75) is 148 Å². The van der Waals surface area contributed by atoms with E-state index < -0.39 is 5.31 Å². The standard InChI is InChI=1S/C47H66BrP/c1-2-3-4-5-6-7-8-9-10-11-12-13-14-15-16-17-18-19-20-21-25-32-43-39-41-47(42-40-43)49(48,44-33-26-22-27-34-44,45-35-28-23-29-36-45)46-37-30-24-31-38-46/h22-24,26-31,33-42H,2-21,25,32H2,1H3. The summed E-state index contributed by atoms with van der Waals surface area (Å²) in [6.45, 7) is 2.30. The van der Waals surface area contributed by atoms with E-state index >= 15 is 0 Å². The second-order valence-electron chi connectivity index (χ2n) is 14.5. The van der Waals surface area contributed by atoms with Crippen LogP contribution in [-0.4, -0.2) is 0 Å². The summed E-state index contributed by atoms with van der Waals surface area (Å²) in [5.41, 5.74) is 1.45. The second-order valence-corrected chi connectivity index (χ2v) is 22.8. The monoisotopic (exact) mass is 740 g/mol. The van der Waals surface area contributed by atoms with Crippen molar-refractivity contribution in [2.75, 3.05) is 0 Å². The van der Waals surface area contributed by atoms with Crippen LogP contribution in [0, 0.1) is 0 Å². The Kier molecular flexibility index (Phi) is 18.2. The summed E-state index contributed by atoms with van der Waals surface area (Å²) < 4.78 is 0. The van der Waals surface area contributed by atoms with Gasteiger partial charge in [0.15, 0.2) is 0 Å². The van der Waals surface area contributed by atoms with E-state index in [9.17, 15) is 0 Å². The van der Waals surface area contributed by atoms with Gasteiger partial charge in [0.2, 0.25) is 0 Å². The van der Waals surface area contributed by atoms with Crippen molar-refractivity contribution in [2.24, 2.45) is 0 Å². The van der Waals surface area contributed by atoms with Gasteiger partial charge in [0.05, 0.1) is 0 Å². The predicted molar refractivity (Wildman–Crippen MR) is 226 cm³/mol. The molecule has 0 heterocycles. The van der Waals surface area contributed by atoms with E-state index in [1.54, 1.807) is 0 Å². The molecule has 0 unspecified atom stereocenters. The Hall–Kier alpha value is -2.21. The van der Waals surface area contributed by atoms with E-state index in [-0.39, 0.29) is 0 Å². The fourth-order valence-corrected chi connectivity index (χ4v) is 15.3. The van der Waals surface area contributed by atoms with Crippen LogP contribution in [0.4, 0.5) is 0 Å². The van der Waals surface area contributed by atoms with Gasteiger partial charge in [0, 0.05) is 0 Å². The van der Waals surface area contributed by atoms with Crippen LogP contribution in [0.2, 0.25) is 0 Å². The molecule has 49 heavy (non-hydrogen) atoms. The summed E-state index contributed by atoms with van der Waals surface area (Å²) in [7, 11) is 0. The van der Waals surface area contributed by atoms with Gasteiger partial charge >= 0.3 is 214 Å². The molecule has 0 spiro atoms. The molecule has 0 fully saturated rings. The topological polar surface area (TPSA) is 0 Å². The van der Waals surface area contributed by atoms with E-state index in [4.69, 9.17) is 0 Å². The Morgan fingerprint density at radius 3 is 0.898 bits per heavy atom. The van der Waals surface area contributed by atoms with Crippen LogP contribution in [-0.2, 0) is 6.42 Å². The van der Waals surface area contributed by atoms with Gasteiger partial charge in [0.25, 0.3) is 0 Å². The summed E-state index contributed by atoms with van der Waals surface area (Å²) in [5, 5.41) is 2.25.